The van der Waals surface area contributed by atoms with Crippen LogP contribution in [-0.4, -0.2) is 34.3 Å². The van der Waals surface area contributed by atoms with Gasteiger partial charge in [0, 0.05) is 18.1 Å². The molecule has 1 atom stereocenters. The van der Waals surface area contributed by atoms with Crippen LogP contribution in [0.2, 0.25) is 0 Å². The number of aromatic nitrogens is 2. The summed E-state index contributed by atoms with van der Waals surface area (Å²) < 4.78 is 11.6. The van der Waals surface area contributed by atoms with Gasteiger partial charge in [-0.15, -0.1) is 0 Å². The minimum absolute atomic E-state index is 0.147. The van der Waals surface area contributed by atoms with Crippen molar-refractivity contribution in [2.75, 3.05) is 12.4 Å². The Bertz CT molecular complexity index is 1040. The zero-order valence-electron chi connectivity index (χ0n) is 17.3. The molecule has 1 unspecified atom stereocenters. The second kappa shape index (κ2) is 9.47. The lowest BCUT2D eigenvalue weighted by Gasteiger charge is -2.22. The molecule has 1 saturated carbocycles. The summed E-state index contributed by atoms with van der Waals surface area (Å²) in [5.74, 6) is 0.0896. The lowest BCUT2D eigenvalue weighted by atomic mass is 10.0. The van der Waals surface area contributed by atoms with Gasteiger partial charge < -0.3 is 19.9 Å². The average Bonchev–Trinajstić information content (AvgIpc) is 3.31. The molecule has 0 saturated heterocycles. The molecular weight excluding hydrogens is 394 g/mol. The van der Waals surface area contributed by atoms with Gasteiger partial charge >= 0.3 is 5.97 Å². The minimum Gasteiger partial charge on any atom is -0.491 e. The Morgan fingerprint density at radius 3 is 2.71 bits per heavy atom. The van der Waals surface area contributed by atoms with Crippen LogP contribution in [0.15, 0.2) is 60.9 Å². The normalized spacial score (nSPS) is 14.7. The summed E-state index contributed by atoms with van der Waals surface area (Å²) in [5, 5.41) is 12.7. The molecule has 7 nitrogen and oxygen atoms in total. The summed E-state index contributed by atoms with van der Waals surface area (Å²) in [4.78, 5) is 20.4. The molecule has 0 radical (unpaired) electrons. The molecule has 1 aliphatic rings. The van der Waals surface area contributed by atoms with Gasteiger partial charge in [-0.3, -0.25) is 4.98 Å². The summed E-state index contributed by atoms with van der Waals surface area (Å²) in [6.45, 7) is 0. The average molecular weight is 419 g/mol. The van der Waals surface area contributed by atoms with Crippen LogP contribution in [0.4, 0.5) is 5.69 Å². The number of rotatable bonds is 8. The highest BCUT2D eigenvalue weighted by molar-refractivity contribution is 5.88. The van der Waals surface area contributed by atoms with Crippen LogP contribution in [0.25, 0.3) is 0 Å². The first kappa shape index (κ1) is 20.7. The third kappa shape index (κ3) is 4.94. The fraction of sp³-hybridized carbons (Fsp3) is 0.292. The van der Waals surface area contributed by atoms with Crippen molar-refractivity contribution in [2.24, 2.45) is 0 Å². The number of methoxy groups -OCH3 is 1. The molecule has 0 bridgehead atoms. The highest BCUT2D eigenvalue weighted by atomic mass is 16.5. The topological polar surface area (TPSA) is 93.6 Å². The van der Waals surface area contributed by atoms with E-state index >= 15 is 0 Å². The second-order valence-corrected chi connectivity index (χ2v) is 7.52. The van der Waals surface area contributed by atoms with Crippen LogP contribution in [0.1, 0.15) is 53.3 Å². The van der Waals surface area contributed by atoms with Crippen molar-refractivity contribution in [3.8, 4) is 11.6 Å². The number of hydrogen-bond acceptors (Lipinski definition) is 6. The van der Waals surface area contributed by atoms with Crippen LogP contribution in [0.3, 0.4) is 0 Å². The molecule has 2 N–H and O–H groups in total. The van der Waals surface area contributed by atoms with Gasteiger partial charge in [-0.05, 0) is 67.6 Å². The van der Waals surface area contributed by atoms with Gasteiger partial charge in [-0.25, -0.2) is 9.78 Å². The SMILES string of the molecule is COc1ccc(C(Nc2cccc(C(=O)O)c2)c2cccnc2)nc1OC1CCCC1. The highest BCUT2D eigenvalue weighted by Crippen LogP contribution is 2.33. The van der Waals surface area contributed by atoms with Crippen LogP contribution in [0.5, 0.6) is 11.6 Å². The summed E-state index contributed by atoms with van der Waals surface area (Å²) in [7, 11) is 1.60. The maximum atomic E-state index is 11.4. The monoisotopic (exact) mass is 419 g/mol. The number of hydrogen-bond donors (Lipinski definition) is 2. The van der Waals surface area contributed by atoms with E-state index in [0.717, 1.165) is 36.9 Å². The quantitative estimate of drug-likeness (QED) is 0.546. The first-order chi connectivity index (χ1) is 15.1. The van der Waals surface area contributed by atoms with E-state index in [9.17, 15) is 9.90 Å². The molecule has 0 amide bonds. The van der Waals surface area contributed by atoms with Gasteiger partial charge in [0.15, 0.2) is 5.75 Å². The zero-order chi connectivity index (χ0) is 21.6. The Morgan fingerprint density at radius 2 is 2.00 bits per heavy atom. The van der Waals surface area contributed by atoms with E-state index in [1.54, 1.807) is 37.7 Å². The van der Waals surface area contributed by atoms with Crippen molar-refractivity contribution in [2.45, 2.75) is 37.8 Å². The number of anilines is 1. The second-order valence-electron chi connectivity index (χ2n) is 7.52. The van der Waals surface area contributed by atoms with Crippen molar-refractivity contribution in [1.82, 2.24) is 9.97 Å². The summed E-state index contributed by atoms with van der Waals surface area (Å²) in [6.07, 6.45) is 7.97. The first-order valence-electron chi connectivity index (χ1n) is 10.4. The Labute approximate surface area is 181 Å². The molecule has 4 rings (SSSR count). The molecule has 31 heavy (non-hydrogen) atoms. The molecule has 0 spiro atoms. The fourth-order valence-electron chi connectivity index (χ4n) is 3.79. The number of nitrogens with one attached hydrogen (secondary N) is 1. The number of carboxylic acid groups (broad SMARTS) is 1. The van der Waals surface area contributed by atoms with Crippen molar-refractivity contribution in [1.29, 1.82) is 0 Å². The zero-order valence-corrected chi connectivity index (χ0v) is 17.3. The first-order valence-corrected chi connectivity index (χ1v) is 10.4. The van der Waals surface area contributed by atoms with E-state index in [1.165, 1.54) is 0 Å². The number of aromatic carboxylic acids is 1. The molecule has 2 heterocycles. The van der Waals surface area contributed by atoms with E-state index in [-0.39, 0.29) is 17.7 Å². The maximum Gasteiger partial charge on any atom is 0.335 e. The Balaban J connectivity index is 1.70. The summed E-state index contributed by atoms with van der Waals surface area (Å²) in [5.41, 5.74) is 2.50. The predicted molar refractivity (Wildman–Crippen MR) is 117 cm³/mol. The van der Waals surface area contributed by atoms with Crippen LogP contribution >= 0.6 is 0 Å². The lowest BCUT2D eigenvalue weighted by molar-refractivity contribution is 0.0697. The highest BCUT2D eigenvalue weighted by Gasteiger charge is 2.22. The van der Waals surface area contributed by atoms with Gasteiger partial charge in [0.05, 0.1) is 24.4 Å². The van der Waals surface area contributed by atoms with E-state index < -0.39 is 5.97 Å². The molecule has 1 fully saturated rings. The van der Waals surface area contributed by atoms with E-state index in [1.807, 2.05) is 30.3 Å². The lowest BCUT2D eigenvalue weighted by Crippen LogP contribution is -2.17. The molecular formula is C24H25N3O4. The Hall–Kier alpha value is -3.61. The van der Waals surface area contributed by atoms with Crippen LogP contribution in [-0.2, 0) is 0 Å². The number of carboxylic acids is 1. The number of nitrogens with zero attached hydrogens (tertiary/aromatic N) is 2. The van der Waals surface area contributed by atoms with E-state index in [0.29, 0.717) is 17.3 Å². The van der Waals surface area contributed by atoms with Gasteiger partial charge in [-0.1, -0.05) is 12.1 Å². The molecule has 0 aliphatic heterocycles. The molecule has 1 aliphatic carbocycles. The predicted octanol–water partition coefficient (Wildman–Crippen LogP) is 4.71. The summed E-state index contributed by atoms with van der Waals surface area (Å²) in [6, 6.07) is 13.9. The summed E-state index contributed by atoms with van der Waals surface area (Å²) >= 11 is 0. The Morgan fingerprint density at radius 1 is 1.16 bits per heavy atom. The maximum absolute atomic E-state index is 11.4. The largest absolute Gasteiger partial charge is 0.491 e. The van der Waals surface area contributed by atoms with Gasteiger partial charge in [0.1, 0.15) is 6.10 Å². The smallest absolute Gasteiger partial charge is 0.335 e. The third-order valence-electron chi connectivity index (χ3n) is 5.38. The number of ether oxygens (including phenoxy) is 2. The van der Waals surface area contributed by atoms with Gasteiger partial charge in [0.25, 0.3) is 5.88 Å². The molecule has 1 aromatic carbocycles. The van der Waals surface area contributed by atoms with Crippen molar-refractivity contribution >= 4 is 11.7 Å². The third-order valence-corrected chi connectivity index (χ3v) is 5.38. The van der Waals surface area contributed by atoms with Crippen LogP contribution < -0.4 is 14.8 Å². The number of benzene rings is 1. The van der Waals surface area contributed by atoms with Crippen LogP contribution in [0, 0.1) is 0 Å². The van der Waals surface area contributed by atoms with Crippen molar-refractivity contribution < 1.29 is 19.4 Å². The Kier molecular flexibility index (Phi) is 6.31. The number of carbonyl (C=O) groups is 1. The van der Waals surface area contributed by atoms with Crippen molar-refractivity contribution in [3.63, 3.8) is 0 Å². The minimum atomic E-state index is -0.976. The molecule has 2 aromatic heterocycles. The number of pyridine rings is 2. The molecule has 7 heteroatoms. The van der Waals surface area contributed by atoms with E-state index in [2.05, 4.69) is 10.3 Å². The fourth-order valence-corrected chi connectivity index (χ4v) is 3.79. The van der Waals surface area contributed by atoms with E-state index in [4.69, 9.17) is 14.5 Å². The van der Waals surface area contributed by atoms with Gasteiger partial charge in [0.2, 0.25) is 0 Å². The van der Waals surface area contributed by atoms with Crippen molar-refractivity contribution in [3.05, 3.63) is 77.7 Å². The molecule has 160 valence electrons. The standard InChI is InChI=1S/C24H25N3O4/c1-30-21-12-11-20(27-23(21)31-19-9-2-3-10-19)22(17-7-5-13-25-15-17)26-18-8-4-6-16(14-18)24(28)29/h4-8,11-15,19,22,26H,2-3,9-10H2,1H3,(H,28,29). The molecule has 3 aromatic rings. The van der Waals surface area contributed by atoms with Gasteiger partial charge in [-0.2, -0.15) is 0 Å².